The van der Waals surface area contributed by atoms with Gasteiger partial charge in [-0.3, -0.25) is 14.7 Å². The number of amides is 1. The van der Waals surface area contributed by atoms with Gasteiger partial charge < -0.3 is 4.74 Å². The summed E-state index contributed by atoms with van der Waals surface area (Å²) in [5, 5.41) is 0.525. The summed E-state index contributed by atoms with van der Waals surface area (Å²) in [6.45, 7) is 2.26. The number of aromatic nitrogens is 2. The van der Waals surface area contributed by atoms with Crippen molar-refractivity contribution in [2.24, 2.45) is 0 Å². The molecule has 36 heavy (non-hydrogen) atoms. The molecule has 2 heterocycles. The molecule has 1 fully saturated rings. The van der Waals surface area contributed by atoms with Crippen molar-refractivity contribution in [3.63, 3.8) is 0 Å². The lowest BCUT2D eigenvalue weighted by Crippen LogP contribution is -2.31. The number of aryl methyl sites for hydroxylation is 1. The lowest BCUT2D eigenvalue weighted by Gasteiger charge is -2.20. The van der Waals surface area contributed by atoms with Crippen molar-refractivity contribution in [2.45, 2.75) is 37.2 Å². The van der Waals surface area contributed by atoms with Crippen molar-refractivity contribution < 1.29 is 17.9 Å². The van der Waals surface area contributed by atoms with Gasteiger partial charge in [-0.2, -0.15) is 4.31 Å². The average Bonchev–Trinajstić information content (AvgIpc) is 3.65. The SMILES string of the molecule is COc1ccc(C)c2sc(N(Cc3cccnc3)C(=O)c3ccc(S(=O)(=O)N(C)C4CC4)cc3)nc12. The molecule has 2 aromatic heterocycles. The van der Waals surface area contributed by atoms with Crippen molar-refractivity contribution >= 4 is 42.6 Å². The molecule has 0 N–H and O–H groups in total. The number of benzene rings is 2. The molecule has 1 amide bonds. The van der Waals surface area contributed by atoms with Crippen molar-refractivity contribution in [1.82, 2.24) is 14.3 Å². The molecule has 0 radical (unpaired) electrons. The zero-order valence-corrected chi connectivity index (χ0v) is 21.8. The molecule has 2 aromatic carbocycles. The van der Waals surface area contributed by atoms with Gasteiger partial charge in [-0.25, -0.2) is 13.4 Å². The number of fused-ring (bicyclic) bond motifs is 1. The van der Waals surface area contributed by atoms with E-state index in [4.69, 9.17) is 9.72 Å². The minimum atomic E-state index is -3.59. The average molecular weight is 523 g/mol. The van der Waals surface area contributed by atoms with Crippen LogP contribution in [0.25, 0.3) is 10.2 Å². The standard InChI is InChI=1S/C26H26N4O4S2/c1-17-6-13-22(34-3)23-24(17)35-26(28-23)30(16-18-5-4-14-27-15-18)25(31)19-7-11-21(12-8-19)36(32,33)29(2)20-9-10-20/h4-8,11-15,20H,9-10,16H2,1-3H3. The maximum Gasteiger partial charge on any atom is 0.260 e. The third-order valence-electron chi connectivity index (χ3n) is 6.29. The van der Waals surface area contributed by atoms with Crippen LogP contribution in [-0.2, 0) is 16.6 Å². The number of ether oxygens (including phenoxy) is 1. The molecule has 1 aliphatic rings. The van der Waals surface area contributed by atoms with E-state index in [2.05, 4.69) is 4.98 Å². The Morgan fingerprint density at radius 1 is 1.14 bits per heavy atom. The number of rotatable bonds is 8. The maximum absolute atomic E-state index is 13.8. The third-order valence-corrected chi connectivity index (χ3v) is 9.43. The first-order chi connectivity index (χ1) is 17.3. The zero-order valence-electron chi connectivity index (χ0n) is 20.2. The summed E-state index contributed by atoms with van der Waals surface area (Å²) in [5.74, 6) is 0.357. The van der Waals surface area contributed by atoms with E-state index in [1.165, 1.54) is 27.8 Å². The fraction of sp³-hybridized carbons (Fsp3) is 0.269. The number of pyridine rings is 1. The summed E-state index contributed by atoms with van der Waals surface area (Å²) in [6.07, 6.45) is 5.15. The summed E-state index contributed by atoms with van der Waals surface area (Å²) in [5.41, 5.74) is 2.96. The van der Waals surface area contributed by atoms with Gasteiger partial charge >= 0.3 is 0 Å². The van der Waals surface area contributed by atoms with Crippen molar-refractivity contribution in [3.8, 4) is 5.75 Å². The summed E-state index contributed by atoms with van der Waals surface area (Å²) in [7, 11) is -0.396. The lowest BCUT2D eigenvalue weighted by atomic mass is 10.2. The summed E-state index contributed by atoms with van der Waals surface area (Å²) in [4.78, 5) is 24.5. The summed E-state index contributed by atoms with van der Waals surface area (Å²) in [6, 6.07) is 13.7. The fourth-order valence-corrected chi connectivity index (χ4v) is 6.47. The Morgan fingerprint density at radius 3 is 2.53 bits per heavy atom. The molecule has 10 heteroatoms. The minimum Gasteiger partial charge on any atom is -0.494 e. The molecule has 1 aliphatic carbocycles. The van der Waals surface area contributed by atoms with Crippen LogP contribution in [0, 0.1) is 6.92 Å². The lowest BCUT2D eigenvalue weighted by molar-refractivity contribution is 0.0985. The van der Waals surface area contributed by atoms with Crippen molar-refractivity contribution in [2.75, 3.05) is 19.1 Å². The molecule has 0 aliphatic heterocycles. The smallest absolute Gasteiger partial charge is 0.260 e. The van der Waals surface area contributed by atoms with Crippen molar-refractivity contribution in [1.29, 1.82) is 0 Å². The van der Waals surface area contributed by atoms with Crippen LogP contribution in [0.5, 0.6) is 5.75 Å². The number of anilines is 1. The van der Waals surface area contributed by atoms with E-state index in [0.29, 0.717) is 22.0 Å². The molecule has 0 atom stereocenters. The van der Waals surface area contributed by atoms with Gasteiger partial charge in [0, 0.05) is 31.0 Å². The molecule has 0 saturated heterocycles. The van der Waals surface area contributed by atoms with Gasteiger partial charge in [0.05, 0.1) is 23.2 Å². The number of carbonyl (C=O) groups excluding carboxylic acids is 1. The Balaban J connectivity index is 1.52. The predicted molar refractivity (Wildman–Crippen MR) is 140 cm³/mol. The highest BCUT2D eigenvalue weighted by Crippen LogP contribution is 2.37. The van der Waals surface area contributed by atoms with Gasteiger partial charge in [0.15, 0.2) is 5.13 Å². The second-order valence-corrected chi connectivity index (χ2v) is 11.8. The van der Waals surface area contributed by atoms with Gasteiger partial charge in [0.1, 0.15) is 11.3 Å². The van der Waals surface area contributed by atoms with Crippen LogP contribution in [0.2, 0.25) is 0 Å². The van der Waals surface area contributed by atoms with Crippen LogP contribution < -0.4 is 9.64 Å². The second kappa shape index (κ2) is 9.61. The van der Waals surface area contributed by atoms with Gasteiger partial charge in [-0.15, -0.1) is 0 Å². The molecule has 0 spiro atoms. The summed E-state index contributed by atoms with van der Waals surface area (Å²) < 4.78 is 33.6. The molecular weight excluding hydrogens is 496 g/mol. The van der Waals surface area contributed by atoms with E-state index in [1.807, 2.05) is 31.2 Å². The number of methoxy groups -OCH3 is 1. The zero-order chi connectivity index (χ0) is 25.4. The Kier molecular flexibility index (Phi) is 6.50. The topological polar surface area (TPSA) is 92.7 Å². The highest BCUT2D eigenvalue weighted by molar-refractivity contribution is 7.89. The van der Waals surface area contributed by atoms with E-state index < -0.39 is 10.0 Å². The molecule has 0 unspecified atom stereocenters. The summed E-state index contributed by atoms with van der Waals surface area (Å²) >= 11 is 1.42. The molecule has 0 bridgehead atoms. The largest absolute Gasteiger partial charge is 0.494 e. The maximum atomic E-state index is 13.8. The second-order valence-electron chi connectivity index (χ2n) is 8.79. The van der Waals surface area contributed by atoms with E-state index in [9.17, 15) is 13.2 Å². The van der Waals surface area contributed by atoms with E-state index in [0.717, 1.165) is 28.7 Å². The molecule has 5 rings (SSSR count). The normalized spacial score (nSPS) is 13.8. The number of sulfonamides is 1. The Morgan fingerprint density at radius 2 is 1.89 bits per heavy atom. The minimum absolute atomic E-state index is 0.0609. The number of hydrogen-bond acceptors (Lipinski definition) is 7. The van der Waals surface area contributed by atoms with Crippen LogP contribution in [-0.4, -0.2) is 48.8 Å². The van der Waals surface area contributed by atoms with E-state index in [-0.39, 0.29) is 23.4 Å². The Bertz CT molecular complexity index is 1520. The monoisotopic (exact) mass is 522 g/mol. The van der Waals surface area contributed by atoms with E-state index in [1.54, 1.807) is 43.6 Å². The van der Waals surface area contributed by atoms with Crippen LogP contribution in [0.15, 0.2) is 65.8 Å². The molecule has 4 aromatic rings. The van der Waals surface area contributed by atoms with Crippen LogP contribution in [0.4, 0.5) is 5.13 Å². The molecule has 1 saturated carbocycles. The van der Waals surface area contributed by atoms with Crippen LogP contribution in [0.1, 0.15) is 34.3 Å². The molecule has 186 valence electrons. The molecular formula is C26H26N4O4S2. The van der Waals surface area contributed by atoms with Crippen molar-refractivity contribution in [3.05, 3.63) is 77.6 Å². The van der Waals surface area contributed by atoms with Gasteiger partial charge in [-0.1, -0.05) is 23.5 Å². The first-order valence-corrected chi connectivity index (χ1v) is 13.8. The Labute approximate surface area is 214 Å². The third kappa shape index (κ3) is 4.59. The van der Waals surface area contributed by atoms with Gasteiger partial charge in [0.2, 0.25) is 10.0 Å². The quantitative estimate of drug-likeness (QED) is 0.335. The van der Waals surface area contributed by atoms with Gasteiger partial charge in [-0.05, 0) is 67.3 Å². The first kappa shape index (κ1) is 24.4. The number of carbonyl (C=O) groups is 1. The number of hydrogen-bond donors (Lipinski definition) is 0. The van der Waals surface area contributed by atoms with Crippen LogP contribution >= 0.6 is 11.3 Å². The number of thiazole rings is 1. The van der Waals surface area contributed by atoms with Crippen LogP contribution in [0.3, 0.4) is 0 Å². The Hall–Kier alpha value is -3.34. The first-order valence-electron chi connectivity index (χ1n) is 11.5. The van der Waals surface area contributed by atoms with Gasteiger partial charge in [0.25, 0.3) is 5.91 Å². The van der Waals surface area contributed by atoms with E-state index >= 15 is 0 Å². The number of nitrogens with zero attached hydrogens (tertiary/aromatic N) is 4. The fourth-order valence-electron chi connectivity index (χ4n) is 4.01. The predicted octanol–water partition coefficient (Wildman–Crippen LogP) is 4.64. The highest BCUT2D eigenvalue weighted by Gasteiger charge is 2.35. The highest BCUT2D eigenvalue weighted by atomic mass is 32.2. The molecule has 8 nitrogen and oxygen atoms in total.